The van der Waals surface area contributed by atoms with Crippen molar-refractivity contribution in [1.29, 1.82) is 0 Å². The summed E-state index contributed by atoms with van der Waals surface area (Å²) < 4.78 is 4.91. The molecule has 122 valence electrons. The summed E-state index contributed by atoms with van der Waals surface area (Å²) >= 11 is 1.38. The van der Waals surface area contributed by atoms with Gasteiger partial charge in [-0.1, -0.05) is 42.5 Å². The molecule has 0 saturated heterocycles. The molecular formula is C19H17NO3S. The third-order valence-electron chi connectivity index (χ3n) is 3.97. The maximum atomic E-state index is 12.5. The SMILES string of the molecule is COC(=O)c1ccccc1C1=C(SC)C(=O)NCc2ccccc21. The largest absolute Gasteiger partial charge is 0.465 e. The van der Waals surface area contributed by atoms with Crippen molar-refractivity contribution in [3.63, 3.8) is 0 Å². The topological polar surface area (TPSA) is 55.4 Å². The number of fused-ring (bicyclic) bond motifs is 1. The molecule has 1 heterocycles. The van der Waals surface area contributed by atoms with Crippen LogP contribution in [0.25, 0.3) is 5.57 Å². The van der Waals surface area contributed by atoms with Crippen LogP contribution in [0.5, 0.6) is 0 Å². The van der Waals surface area contributed by atoms with Gasteiger partial charge in [0, 0.05) is 12.1 Å². The fraction of sp³-hybridized carbons (Fsp3) is 0.158. The van der Waals surface area contributed by atoms with E-state index in [0.717, 1.165) is 16.7 Å². The molecule has 3 rings (SSSR count). The number of benzene rings is 2. The highest BCUT2D eigenvalue weighted by Gasteiger charge is 2.26. The first-order valence-corrected chi connectivity index (χ1v) is 8.72. The second kappa shape index (κ2) is 6.93. The number of amides is 1. The fourth-order valence-corrected chi connectivity index (χ4v) is 3.54. The molecule has 5 heteroatoms. The average molecular weight is 339 g/mol. The summed E-state index contributed by atoms with van der Waals surface area (Å²) in [5.41, 5.74) is 3.90. The van der Waals surface area contributed by atoms with Crippen molar-refractivity contribution in [2.45, 2.75) is 6.54 Å². The van der Waals surface area contributed by atoms with Crippen LogP contribution in [0.2, 0.25) is 0 Å². The van der Waals surface area contributed by atoms with Crippen LogP contribution in [-0.2, 0) is 16.1 Å². The van der Waals surface area contributed by atoms with E-state index >= 15 is 0 Å². The number of ether oxygens (including phenoxy) is 1. The second-order valence-corrected chi connectivity index (χ2v) is 6.10. The van der Waals surface area contributed by atoms with Gasteiger partial charge in [-0.15, -0.1) is 11.8 Å². The molecule has 0 radical (unpaired) electrons. The number of carbonyl (C=O) groups is 2. The van der Waals surface area contributed by atoms with Gasteiger partial charge in [-0.05, 0) is 29.0 Å². The van der Waals surface area contributed by atoms with Gasteiger partial charge in [-0.2, -0.15) is 0 Å². The van der Waals surface area contributed by atoms with E-state index in [0.29, 0.717) is 22.6 Å². The van der Waals surface area contributed by atoms with Crippen LogP contribution in [0, 0.1) is 0 Å². The molecule has 1 aliphatic heterocycles. The number of thioether (sulfide) groups is 1. The van der Waals surface area contributed by atoms with Crippen molar-refractivity contribution < 1.29 is 14.3 Å². The van der Waals surface area contributed by atoms with Crippen LogP contribution in [0.3, 0.4) is 0 Å². The standard InChI is InChI=1S/C19H17NO3S/c1-23-19(22)15-10-6-5-9-14(15)16-13-8-4-3-7-12(13)11-20-18(21)17(16)24-2/h3-10H,11H2,1-2H3,(H,20,21). The van der Waals surface area contributed by atoms with Gasteiger partial charge in [0.15, 0.2) is 0 Å². The first-order valence-electron chi connectivity index (χ1n) is 7.49. The zero-order chi connectivity index (χ0) is 17.1. The van der Waals surface area contributed by atoms with Gasteiger partial charge in [0.1, 0.15) is 0 Å². The zero-order valence-corrected chi connectivity index (χ0v) is 14.3. The lowest BCUT2D eigenvalue weighted by Gasteiger charge is -2.15. The lowest BCUT2D eigenvalue weighted by molar-refractivity contribution is -0.116. The van der Waals surface area contributed by atoms with E-state index in [4.69, 9.17) is 4.74 Å². The van der Waals surface area contributed by atoms with Crippen LogP contribution in [0.15, 0.2) is 53.4 Å². The van der Waals surface area contributed by atoms with E-state index in [2.05, 4.69) is 5.32 Å². The molecule has 0 saturated carbocycles. The number of hydrogen-bond acceptors (Lipinski definition) is 4. The molecule has 0 atom stereocenters. The van der Waals surface area contributed by atoms with E-state index in [1.54, 1.807) is 12.1 Å². The minimum Gasteiger partial charge on any atom is -0.465 e. The Balaban J connectivity index is 2.34. The molecule has 0 bridgehead atoms. The van der Waals surface area contributed by atoms with Gasteiger partial charge in [-0.25, -0.2) is 4.79 Å². The monoisotopic (exact) mass is 339 g/mol. The molecular weight excluding hydrogens is 322 g/mol. The van der Waals surface area contributed by atoms with Gasteiger partial charge in [-0.3, -0.25) is 4.79 Å². The molecule has 0 aliphatic carbocycles. The van der Waals surface area contributed by atoms with E-state index in [-0.39, 0.29) is 5.91 Å². The van der Waals surface area contributed by atoms with Crippen molar-refractivity contribution in [3.8, 4) is 0 Å². The normalized spacial score (nSPS) is 13.8. The first kappa shape index (κ1) is 16.3. The molecule has 1 amide bonds. The molecule has 0 aromatic heterocycles. The van der Waals surface area contributed by atoms with E-state index < -0.39 is 5.97 Å². The Hall–Kier alpha value is -2.53. The Morgan fingerprint density at radius 3 is 2.46 bits per heavy atom. The molecule has 0 spiro atoms. The van der Waals surface area contributed by atoms with Crippen molar-refractivity contribution in [2.75, 3.05) is 13.4 Å². The number of rotatable bonds is 3. The summed E-state index contributed by atoms with van der Waals surface area (Å²) in [6.45, 7) is 0.461. The minimum atomic E-state index is -0.416. The lowest BCUT2D eigenvalue weighted by atomic mass is 9.91. The summed E-state index contributed by atoms with van der Waals surface area (Å²) in [6.07, 6.45) is 1.86. The van der Waals surface area contributed by atoms with E-state index in [1.165, 1.54) is 18.9 Å². The highest BCUT2D eigenvalue weighted by molar-refractivity contribution is 8.03. The molecule has 1 N–H and O–H groups in total. The van der Waals surface area contributed by atoms with Crippen molar-refractivity contribution in [2.24, 2.45) is 0 Å². The van der Waals surface area contributed by atoms with Gasteiger partial charge in [0.2, 0.25) is 0 Å². The zero-order valence-electron chi connectivity index (χ0n) is 13.5. The Bertz CT molecular complexity index is 842. The molecule has 1 aliphatic rings. The molecule has 0 unspecified atom stereocenters. The van der Waals surface area contributed by atoms with Crippen molar-refractivity contribution >= 4 is 29.2 Å². The maximum Gasteiger partial charge on any atom is 0.338 e. The summed E-state index contributed by atoms with van der Waals surface area (Å²) in [4.78, 5) is 25.3. The van der Waals surface area contributed by atoms with Crippen molar-refractivity contribution in [3.05, 3.63) is 75.7 Å². The number of nitrogens with one attached hydrogen (secondary N) is 1. The van der Waals surface area contributed by atoms with Gasteiger partial charge in [0.25, 0.3) is 5.91 Å². The summed E-state index contributed by atoms with van der Waals surface area (Å²) in [6, 6.07) is 15.1. The Morgan fingerprint density at radius 1 is 1.08 bits per heavy atom. The van der Waals surface area contributed by atoms with Crippen LogP contribution in [0.4, 0.5) is 0 Å². The van der Waals surface area contributed by atoms with Crippen molar-refractivity contribution in [1.82, 2.24) is 5.32 Å². The second-order valence-electron chi connectivity index (χ2n) is 5.29. The summed E-state index contributed by atoms with van der Waals surface area (Å²) in [7, 11) is 1.36. The molecule has 2 aromatic rings. The predicted molar refractivity (Wildman–Crippen MR) is 95.6 cm³/mol. The molecule has 24 heavy (non-hydrogen) atoms. The van der Waals surface area contributed by atoms with E-state index in [1.807, 2.05) is 42.7 Å². The van der Waals surface area contributed by atoms with Crippen LogP contribution >= 0.6 is 11.8 Å². The number of carbonyl (C=O) groups excluding carboxylic acids is 2. The van der Waals surface area contributed by atoms with Gasteiger partial charge < -0.3 is 10.1 Å². The molecule has 4 nitrogen and oxygen atoms in total. The number of esters is 1. The number of methoxy groups -OCH3 is 1. The Labute approximate surface area is 144 Å². The van der Waals surface area contributed by atoms with Gasteiger partial charge in [0.05, 0.1) is 17.6 Å². The van der Waals surface area contributed by atoms with Gasteiger partial charge >= 0.3 is 5.97 Å². The summed E-state index contributed by atoms with van der Waals surface area (Å²) in [5, 5.41) is 2.93. The predicted octanol–water partition coefficient (Wildman–Crippen LogP) is 3.23. The van der Waals surface area contributed by atoms with E-state index in [9.17, 15) is 9.59 Å². The smallest absolute Gasteiger partial charge is 0.338 e. The third-order valence-corrected chi connectivity index (χ3v) is 4.76. The Morgan fingerprint density at radius 2 is 1.75 bits per heavy atom. The molecule has 2 aromatic carbocycles. The third kappa shape index (κ3) is 2.83. The van der Waals surface area contributed by atoms with Crippen LogP contribution in [0.1, 0.15) is 27.0 Å². The fourth-order valence-electron chi connectivity index (χ4n) is 2.86. The number of hydrogen-bond donors (Lipinski definition) is 1. The summed E-state index contributed by atoms with van der Waals surface area (Å²) in [5.74, 6) is -0.547. The first-order chi connectivity index (χ1) is 11.7. The average Bonchev–Trinajstić information content (AvgIpc) is 2.77. The maximum absolute atomic E-state index is 12.5. The molecule has 0 fully saturated rings. The lowest BCUT2D eigenvalue weighted by Crippen LogP contribution is -2.22. The quantitative estimate of drug-likeness (QED) is 0.873. The highest BCUT2D eigenvalue weighted by Crippen LogP contribution is 2.37. The van der Waals surface area contributed by atoms with Crippen LogP contribution in [-0.4, -0.2) is 25.2 Å². The van der Waals surface area contributed by atoms with Crippen LogP contribution < -0.4 is 5.32 Å². The minimum absolute atomic E-state index is 0.131. The Kier molecular flexibility index (Phi) is 4.71. The highest BCUT2D eigenvalue weighted by atomic mass is 32.2.